The van der Waals surface area contributed by atoms with Gasteiger partial charge in [0.25, 0.3) is 0 Å². The lowest BCUT2D eigenvalue weighted by Gasteiger charge is -2.03. The summed E-state index contributed by atoms with van der Waals surface area (Å²) in [6.45, 7) is 0. The van der Waals surface area contributed by atoms with Crippen molar-refractivity contribution in [2.45, 2.75) is 10.2 Å². The summed E-state index contributed by atoms with van der Waals surface area (Å²) in [4.78, 5) is 16.4. The summed E-state index contributed by atoms with van der Waals surface area (Å²) in [6, 6.07) is 0. The van der Waals surface area contributed by atoms with Gasteiger partial charge in [0.05, 0.1) is 17.8 Å². The van der Waals surface area contributed by atoms with Crippen molar-refractivity contribution in [3.8, 4) is 5.88 Å². The summed E-state index contributed by atoms with van der Waals surface area (Å²) >= 11 is 4.62. The third kappa shape index (κ3) is 2.67. The smallest absolute Gasteiger partial charge is 0.231 e. The van der Waals surface area contributed by atoms with Crippen LogP contribution in [0.4, 0.5) is 0 Å². The van der Waals surface area contributed by atoms with Crippen molar-refractivity contribution in [3.63, 3.8) is 0 Å². The second-order valence-corrected chi connectivity index (χ2v) is 4.50. The first-order valence-corrected chi connectivity index (χ1v) is 5.91. The Morgan fingerprint density at radius 2 is 2.12 bits per heavy atom. The summed E-state index contributed by atoms with van der Waals surface area (Å²) in [5.74, 6) is 0.501. The molecule has 0 amide bonds. The van der Waals surface area contributed by atoms with Crippen LogP contribution in [0, 0.1) is 0 Å². The van der Waals surface area contributed by atoms with Gasteiger partial charge >= 0.3 is 0 Å². The Morgan fingerprint density at radius 1 is 1.25 bits per heavy atom. The molecule has 2 rings (SSSR count). The normalized spacial score (nSPS) is 10.1. The molecule has 0 aliphatic heterocycles. The molecule has 0 unspecified atom stereocenters. The molecular formula is C9H7BrN4OS. The van der Waals surface area contributed by atoms with Gasteiger partial charge in [-0.3, -0.25) is 4.98 Å². The highest BCUT2D eigenvalue weighted by Gasteiger charge is 2.07. The fourth-order valence-corrected chi connectivity index (χ4v) is 1.96. The standard InChI is InChI=1S/C9H7BrN4OS/c1-15-8-6(10)4-13-9(14-8)16-7-5-11-2-3-12-7/h2-5H,1H3. The molecule has 0 saturated heterocycles. The topological polar surface area (TPSA) is 60.8 Å². The van der Waals surface area contributed by atoms with E-state index in [1.54, 1.807) is 31.9 Å². The zero-order valence-electron chi connectivity index (χ0n) is 8.29. The average molecular weight is 299 g/mol. The molecule has 0 aromatic carbocycles. The lowest BCUT2D eigenvalue weighted by atomic mass is 10.6. The largest absolute Gasteiger partial charge is 0.480 e. The van der Waals surface area contributed by atoms with Gasteiger partial charge in [0.15, 0.2) is 5.16 Å². The van der Waals surface area contributed by atoms with E-state index < -0.39 is 0 Å². The number of aromatic nitrogens is 4. The average Bonchev–Trinajstić information content (AvgIpc) is 2.33. The molecule has 0 bridgehead atoms. The summed E-state index contributed by atoms with van der Waals surface area (Å²) in [5.41, 5.74) is 0. The van der Waals surface area contributed by atoms with Crippen LogP contribution < -0.4 is 4.74 Å². The highest BCUT2D eigenvalue weighted by molar-refractivity contribution is 9.10. The Bertz CT molecular complexity index is 482. The molecule has 2 heterocycles. The molecule has 0 spiro atoms. The minimum absolute atomic E-state index is 0.501. The first-order valence-electron chi connectivity index (χ1n) is 4.30. The maximum atomic E-state index is 5.08. The maximum absolute atomic E-state index is 5.08. The van der Waals surface area contributed by atoms with Crippen LogP contribution >= 0.6 is 27.7 Å². The van der Waals surface area contributed by atoms with Gasteiger partial charge in [-0.1, -0.05) is 0 Å². The van der Waals surface area contributed by atoms with Gasteiger partial charge in [-0.25, -0.2) is 9.97 Å². The molecule has 0 aliphatic carbocycles. The van der Waals surface area contributed by atoms with Crippen molar-refractivity contribution in [1.29, 1.82) is 0 Å². The second-order valence-electron chi connectivity index (χ2n) is 2.66. The molecule has 5 nitrogen and oxygen atoms in total. The Kier molecular flexibility index (Phi) is 3.68. The number of hydrogen-bond donors (Lipinski definition) is 0. The number of halogens is 1. The van der Waals surface area contributed by atoms with Crippen LogP contribution in [0.15, 0.2) is 39.4 Å². The van der Waals surface area contributed by atoms with E-state index in [1.165, 1.54) is 11.8 Å². The number of nitrogens with zero attached hydrogens (tertiary/aromatic N) is 4. The molecule has 2 aromatic heterocycles. The van der Waals surface area contributed by atoms with E-state index in [4.69, 9.17) is 4.74 Å². The van der Waals surface area contributed by atoms with E-state index in [1.807, 2.05) is 0 Å². The number of hydrogen-bond acceptors (Lipinski definition) is 6. The van der Waals surface area contributed by atoms with Crippen LogP contribution in [-0.2, 0) is 0 Å². The minimum atomic E-state index is 0.501. The predicted molar refractivity (Wildman–Crippen MR) is 62.4 cm³/mol. The zero-order chi connectivity index (χ0) is 11.4. The van der Waals surface area contributed by atoms with Crippen molar-refractivity contribution in [3.05, 3.63) is 29.3 Å². The van der Waals surface area contributed by atoms with Crippen LogP contribution in [0.2, 0.25) is 0 Å². The first-order chi connectivity index (χ1) is 7.79. The third-order valence-corrected chi connectivity index (χ3v) is 2.96. The highest BCUT2D eigenvalue weighted by atomic mass is 79.9. The van der Waals surface area contributed by atoms with Gasteiger partial charge in [-0.2, -0.15) is 4.98 Å². The summed E-state index contributed by atoms with van der Waals surface area (Å²) < 4.78 is 5.80. The Labute approximate surface area is 105 Å². The molecule has 0 radical (unpaired) electrons. The van der Waals surface area contributed by atoms with Crippen molar-refractivity contribution >= 4 is 27.7 Å². The van der Waals surface area contributed by atoms with Crippen LogP contribution in [0.5, 0.6) is 5.88 Å². The number of rotatable bonds is 3. The molecule has 82 valence electrons. The van der Waals surface area contributed by atoms with Crippen molar-refractivity contribution in [1.82, 2.24) is 19.9 Å². The van der Waals surface area contributed by atoms with Gasteiger partial charge in [0.2, 0.25) is 5.88 Å². The first kappa shape index (κ1) is 11.3. The van der Waals surface area contributed by atoms with Gasteiger partial charge in [-0.05, 0) is 27.7 Å². The van der Waals surface area contributed by atoms with Gasteiger partial charge < -0.3 is 4.74 Å². The fourth-order valence-electron chi connectivity index (χ4n) is 0.960. The number of methoxy groups -OCH3 is 1. The molecular weight excluding hydrogens is 292 g/mol. The quantitative estimate of drug-likeness (QED) is 0.810. The molecule has 0 saturated carbocycles. The van der Waals surface area contributed by atoms with Gasteiger partial charge in [0.1, 0.15) is 5.03 Å². The molecule has 2 aromatic rings. The SMILES string of the molecule is COc1nc(Sc2cnccn2)ncc1Br. The Hall–Kier alpha value is -1.21. The van der Waals surface area contributed by atoms with Crippen molar-refractivity contribution in [2.75, 3.05) is 7.11 Å². The maximum Gasteiger partial charge on any atom is 0.231 e. The number of ether oxygens (including phenoxy) is 1. The predicted octanol–water partition coefficient (Wildman–Crippen LogP) is 2.19. The molecule has 0 fully saturated rings. The van der Waals surface area contributed by atoms with Crippen LogP contribution in [0.1, 0.15) is 0 Å². The zero-order valence-corrected chi connectivity index (χ0v) is 10.7. The molecule has 0 N–H and O–H groups in total. The van der Waals surface area contributed by atoms with Gasteiger partial charge in [-0.15, -0.1) is 0 Å². The van der Waals surface area contributed by atoms with Crippen molar-refractivity contribution < 1.29 is 4.74 Å². The lowest BCUT2D eigenvalue weighted by Crippen LogP contribution is -1.93. The van der Waals surface area contributed by atoms with Crippen molar-refractivity contribution in [2.24, 2.45) is 0 Å². The van der Waals surface area contributed by atoms with Crippen LogP contribution in [0.25, 0.3) is 0 Å². The van der Waals surface area contributed by atoms with E-state index in [2.05, 4.69) is 35.9 Å². The van der Waals surface area contributed by atoms with E-state index in [-0.39, 0.29) is 0 Å². The summed E-state index contributed by atoms with van der Waals surface area (Å²) in [5, 5.41) is 1.31. The fraction of sp³-hybridized carbons (Fsp3) is 0.111. The lowest BCUT2D eigenvalue weighted by molar-refractivity contribution is 0.389. The van der Waals surface area contributed by atoms with E-state index >= 15 is 0 Å². The second kappa shape index (κ2) is 5.22. The van der Waals surface area contributed by atoms with E-state index in [0.29, 0.717) is 11.0 Å². The molecule has 0 atom stereocenters. The van der Waals surface area contributed by atoms with Gasteiger partial charge in [0, 0.05) is 18.6 Å². The monoisotopic (exact) mass is 298 g/mol. The summed E-state index contributed by atoms with van der Waals surface area (Å²) in [7, 11) is 1.56. The third-order valence-electron chi connectivity index (χ3n) is 1.62. The molecule has 0 aliphatic rings. The van der Waals surface area contributed by atoms with E-state index in [0.717, 1.165) is 9.50 Å². The van der Waals surface area contributed by atoms with Crippen LogP contribution in [0.3, 0.4) is 0 Å². The van der Waals surface area contributed by atoms with Crippen LogP contribution in [-0.4, -0.2) is 27.0 Å². The minimum Gasteiger partial charge on any atom is -0.480 e. The molecule has 16 heavy (non-hydrogen) atoms. The Morgan fingerprint density at radius 3 is 2.81 bits per heavy atom. The Balaban J connectivity index is 2.22. The molecule has 7 heteroatoms. The highest BCUT2D eigenvalue weighted by Crippen LogP contribution is 2.27. The summed E-state index contributed by atoms with van der Waals surface area (Å²) in [6.07, 6.45) is 6.54. The van der Waals surface area contributed by atoms with E-state index in [9.17, 15) is 0 Å².